The molecule has 0 aliphatic heterocycles. The van der Waals surface area contributed by atoms with Gasteiger partial charge < -0.3 is 0 Å². The molecule has 0 saturated heterocycles. The molecule has 1 aliphatic rings. The minimum atomic E-state index is -4.43. The van der Waals surface area contributed by atoms with Crippen molar-refractivity contribution in [1.29, 1.82) is 0 Å². The van der Waals surface area contributed by atoms with Crippen LogP contribution < -0.4 is 0 Å². The summed E-state index contributed by atoms with van der Waals surface area (Å²) in [4.78, 5) is 11.8. The summed E-state index contributed by atoms with van der Waals surface area (Å²) in [6.45, 7) is 1.82. The van der Waals surface area contributed by atoms with E-state index >= 15 is 0 Å². The van der Waals surface area contributed by atoms with Crippen LogP contribution in [0.4, 0.5) is 13.2 Å². The molecule has 0 amide bonds. The monoisotopic (exact) mass is 238 g/mol. The lowest BCUT2D eigenvalue weighted by molar-refractivity contribution is -0.137. The molecule has 88 valence electrons. The average molecular weight is 238 g/mol. The Kier molecular flexibility index (Phi) is 2.80. The maximum Gasteiger partial charge on any atom is 0.416 e. The van der Waals surface area contributed by atoms with Gasteiger partial charge in [0.15, 0.2) is 5.78 Å². The summed E-state index contributed by atoms with van der Waals surface area (Å²) in [5, 5.41) is 0. The SMILES string of the molecule is [B]C1C(=O)c2cc(C(F)(F)F)ccc2CC1C. The number of alkyl halides is 3. The Hall–Kier alpha value is -1.26. The van der Waals surface area contributed by atoms with Crippen molar-refractivity contribution in [1.82, 2.24) is 0 Å². The number of carbonyl (C=O) groups is 1. The third-order valence-corrected chi connectivity index (χ3v) is 3.16. The van der Waals surface area contributed by atoms with Crippen LogP contribution in [-0.2, 0) is 12.6 Å². The summed E-state index contributed by atoms with van der Waals surface area (Å²) in [7, 11) is 5.66. The second-order valence-electron chi connectivity index (χ2n) is 4.44. The normalized spacial score (nSPS) is 24.6. The van der Waals surface area contributed by atoms with Crippen molar-refractivity contribution in [2.24, 2.45) is 5.92 Å². The van der Waals surface area contributed by atoms with Crippen LogP contribution in [-0.4, -0.2) is 13.6 Å². The van der Waals surface area contributed by atoms with Crippen molar-refractivity contribution in [2.75, 3.05) is 0 Å². The summed E-state index contributed by atoms with van der Waals surface area (Å²) in [6, 6.07) is 3.29. The maximum atomic E-state index is 12.5. The van der Waals surface area contributed by atoms with E-state index in [2.05, 4.69) is 0 Å². The molecule has 1 nitrogen and oxygen atoms in total. The maximum absolute atomic E-state index is 12.5. The van der Waals surface area contributed by atoms with Gasteiger partial charge in [0.1, 0.15) is 0 Å². The number of halogens is 3. The van der Waals surface area contributed by atoms with Crippen molar-refractivity contribution in [3.8, 4) is 0 Å². The molecule has 0 fully saturated rings. The molecule has 1 aromatic rings. The molecular formula is C12H10BF3O. The van der Waals surface area contributed by atoms with Crippen LogP contribution in [0.15, 0.2) is 18.2 Å². The zero-order chi connectivity index (χ0) is 12.8. The molecule has 5 heteroatoms. The number of hydrogen-bond donors (Lipinski definition) is 0. The van der Waals surface area contributed by atoms with Crippen LogP contribution in [0.2, 0.25) is 5.82 Å². The van der Waals surface area contributed by atoms with Crippen LogP contribution in [0.5, 0.6) is 0 Å². The predicted molar refractivity (Wildman–Crippen MR) is 58.1 cm³/mol. The highest BCUT2D eigenvalue weighted by Gasteiger charge is 2.34. The molecular weight excluding hydrogens is 228 g/mol. The minimum absolute atomic E-state index is 0.0354. The van der Waals surface area contributed by atoms with Crippen molar-refractivity contribution < 1.29 is 18.0 Å². The predicted octanol–water partition coefficient (Wildman–Crippen LogP) is 3.04. The van der Waals surface area contributed by atoms with Gasteiger partial charge in [-0.25, -0.2) is 0 Å². The van der Waals surface area contributed by atoms with Crippen LogP contribution in [0.25, 0.3) is 0 Å². The number of carbonyl (C=O) groups excluding carboxylic acids is 1. The largest absolute Gasteiger partial charge is 0.416 e. The van der Waals surface area contributed by atoms with Gasteiger partial charge in [-0.3, -0.25) is 4.79 Å². The first-order chi connectivity index (χ1) is 7.80. The quantitative estimate of drug-likeness (QED) is 0.635. The third-order valence-electron chi connectivity index (χ3n) is 3.16. The van der Waals surface area contributed by atoms with E-state index in [0.29, 0.717) is 12.0 Å². The number of fused-ring (bicyclic) bond motifs is 1. The van der Waals surface area contributed by atoms with E-state index in [1.165, 1.54) is 6.07 Å². The van der Waals surface area contributed by atoms with Gasteiger partial charge in [-0.05, 0) is 35.9 Å². The van der Waals surface area contributed by atoms with Gasteiger partial charge in [0, 0.05) is 5.56 Å². The van der Waals surface area contributed by atoms with E-state index in [1.807, 2.05) is 6.92 Å². The van der Waals surface area contributed by atoms with Crippen molar-refractivity contribution >= 4 is 13.6 Å². The average Bonchev–Trinajstić information content (AvgIpc) is 2.24. The molecule has 0 aromatic heterocycles. The zero-order valence-corrected chi connectivity index (χ0v) is 9.21. The van der Waals surface area contributed by atoms with Crippen LogP contribution in [0.3, 0.4) is 0 Å². The molecule has 0 heterocycles. The summed E-state index contributed by atoms with van der Waals surface area (Å²) in [6.07, 6.45) is -3.89. The number of Topliss-reactive ketones (excluding diaryl/α,β-unsaturated/α-hetero) is 1. The summed E-state index contributed by atoms with van der Waals surface area (Å²) >= 11 is 0. The fraction of sp³-hybridized carbons (Fsp3) is 0.417. The fourth-order valence-electron chi connectivity index (χ4n) is 2.07. The van der Waals surface area contributed by atoms with Crippen molar-refractivity contribution in [3.05, 3.63) is 34.9 Å². The highest BCUT2D eigenvalue weighted by Crippen LogP contribution is 2.36. The van der Waals surface area contributed by atoms with Crippen LogP contribution in [0, 0.1) is 5.92 Å². The molecule has 2 atom stereocenters. The second-order valence-corrected chi connectivity index (χ2v) is 4.44. The molecule has 1 aliphatic carbocycles. The first-order valence-electron chi connectivity index (χ1n) is 5.30. The number of benzene rings is 1. The summed E-state index contributed by atoms with van der Waals surface area (Å²) in [5.74, 6) is -1.14. The molecule has 0 bridgehead atoms. The van der Waals surface area contributed by atoms with E-state index < -0.39 is 23.3 Å². The molecule has 0 N–H and O–H groups in total. The van der Waals surface area contributed by atoms with E-state index in [1.54, 1.807) is 0 Å². The highest BCUT2D eigenvalue weighted by atomic mass is 19.4. The molecule has 0 spiro atoms. The van der Waals surface area contributed by atoms with Gasteiger partial charge in [0.05, 0.1) is 13.4 Å². The molecule has 0 saturated carbocycles. The lowest BCUT2D eigenvalue weighted by atomic mass is 9.66. The van der Waals surface area contributed by atoms with Gasteiger partial charge in [-0.15, -0.1) is 0 Å². The van der Waals surface area contributed by atoms with Crippen LogP contribution in [0.1, 0.15) is 28.4 Å². The second kappa shape index (κ2) is 3.89. The lowest BCUT2D eigenvalue weighted by Crippen LogP contribution is -2.26. The first-order valence-corrected chi connectivity index (χ1v) is 5.30. The Bertz CT molecular complexity index is 467. The van der Waals surface area contributed by atoms with E-state index in [0.717, 1.165) is 12.1 Å². The Morgan fingerprint density at radius 1 is 1.35 bits per heavy atom. The minimum Gasteiger partial charge on any atom is -0.295 e. The van der Waals surface area contributed by atoms with Gasteiger partial charge >= 0.3 is 6.18 Å². The summed E-state index contributed by atoms with van der Waals surface area (Å²) in [5.41, 5.74) is -0.0334. The smallest absolute Gasteiger partial charge is 0.295 e. The standard InChI is InChI=1S/C12H10BF3O/c1-6-4-7-2-3-8(12(14,15)16)5-9(7)11(17)10(6)13/h2-3,5-6,10H,4H2,1H3. The molecule has 2 rings (SSSR count). The lowest BCUT2D eigenvalue weighted by Gasteiger charge is -2.27. The topological polar surface area (TPSA) is 17.1 Å². The fourth-order valence-corrected chi connectivity index (χ4v) is 2.07. The third kappa shape index (κ3) is 2.10. The molecule has 1 aromatic carbocycles. The molecule has 2 unspecified atom stereocenters. The van der Waals surface area contributed by atoms with E-state index in [9.17, 15) is 18.0 Å². The first kappa shape index (κ1) is 12.2. The number of ketones is 1. The van der Waals surface area contributed by atoms with Crippen molar-refractivity contribution in [3.63, 3.8) is 0 Å². The Morgan fingerprint density at radius 2 is 2.00 bits per heavy atom. The molecule has 2 radical (unpaired) electrons. The zero-order valence-electron chi connectivity index (χ0n) is 9.21. The van der Waals surface area contributed by atoms with Gasteiger partial charge in [-0.1, -0.05) is 13.0 Å². The molecule has 17 heavy (non-hydrogen) atoms. The number of rotatable bonds is 0. The summed E-state index contributed by atoms with van der Waals surface area (Å²) < 4.78 is 37.5. The van der Waals surface area contributed by atoms with Gasteiger partial charge in [-0.2, -0.15) is 13.2 Å². The van der Waals surface area contributed by atoms with Crippen molar-refractivity contribution in [2.45, 2.75) is 25.3 Å². The Morgan fingerprint density at radius 3 is 2.59 bits per heavy atom. The Labute approximate surface area is 98.4 Å². The number of hydrogen-bond acceptors (Lipinski definition) is 1. The Balaban J connectivity index is 2.50. The highest BCUT2D eigenvalue weighted by molar-refractivity contribution is 6.28. The van der Waals surface area contributed by atoms with E-state index in [-0.39, 0.29) is 11.5 Å². The van der Waals surface area contributed by atoms with Gasteiger partial charge in [0.2, 0.25) is 0 Å². The van der Waals surface area contributed by atoms with Crippen LogP contribution >= 0.6 is 0 Å². The van der Waals surface area contributed by atoms with Gasteiger partial charge in [0.25, 0.3) is 0 Å². The van der Waals surface area contributed by atoms with E-state index in [4.69, 9.17) is 7.85 Å².